The maximum absolute atomic E-state index is 11.8. The van der Waals surface area contributed by atoms with Gasteiger partial charge in [-0.25, -0.2) is 0 Å². The molecule has 0 aromatic heterocycles. The highest BCUT2D eigenvalue weighted by Gasteiger charge is 2.15. The van der Waals surface area contributed by atoms with Gasteiger partial charge in [-0.05, 0) is 31.3 Å². The van der Waals surface area contributed by atoms with E-state index in [1.165, 1.54) is 0 Å². The number of hydrogen-bond acceptors (Lipinski definition) is 4. The Labute approximate surface area is 130 Å². The normalized spacial score (nSPS) is 16.7. The molecular formula is C15H22ClN3O2. The third-order valence-corrected chi connectivity index (χ3v) is 3.72. The van der Waals surface area contributed by atoms with Crippen LogP contribution in [0.2, 0.25) is 5.02 Å². The van der Waals surface area contributed by atoms with Gasteiger partial charge in [0.15, 0.2) is 0 Å². The molecule has 1 amide bonds. The third-order valence-electron chi connectivity index (χ3n) is 3.47. The van der Waals surface area contributed by atoms with Gasteiger partial charge in [0.25, 0.3) is 0 Å². The summed E-state index contributed by atoms with van der Waals surface area (Å²) in [6.45, 7) is 5.37. The lowest BCUT2D eigenvalue weighted by Gasteiger charge is -2.31. The largest absolute Gasteiger partial charge is 0.492 e. The number of carbonyl (C=O) groups is 1. The Kier molecular flexibility index (Phi) is 6.29. The molecule has 1 aliphatic rings. The topological polar surface area (TPSA) is 44.8 Å². The van der Waals surface area contributed by atoms with E-state index < -0.39 is 0 Å². The highest BCUT2D eigenvalue weighted by molar-refractivity contribution is 6.30. The van der Waals surface area contributed by atoms with E-state index in [9.17, 15) is 4.79 Å². The lowest BCUT2D eigenvalue weighted by molar-refractivity contribution is -0.122. The molecule has 0 bridgehead atoms. The number of piperazine rings is 1. The zero-order valence-electron chi connectivity index (χ0n) is 12.3. The van der Waals surface area contributed by atoms with Crippen LogP contribution >= 0.6 is 11.6 Å². The van der Waals surface area contributed by atoms with E-state index in [-0.39, 0.29) is 5.91 Å². The summed E-state index contributed by atoms with van der Waals surface area (Å²) in [6.07, 6.45) is 0. The maximum atomic E-state index is 11.8. The van der Waals surface area contributed by atoms with Crippen LogP contribution in [0.5, 0.6) is 5.75 Å². The van der Waals surface area contributed by atoms with Gasteiger partial charge in [0, 0.05) is 31.2 Å². The number of nitrogens with one attached hydrogen (secondary N) is 1. The molecule has 5 nitrogen and oxygen atoms in total. The van der Waals surface area contributed by atoms with Gasteiger partial charge in [0.1, 0.15) is 12.4 Å². The van der Waals surface area contributed by atoms with Crippen LogP contribution in [0.4, 0.5) is 0 Å². The van der Waals surface area contributed by atoms with Gasteiger partial charge in [-0.2, -0.15) is 0 Å². The molecule has 1 N–H and O–H groups in total. The van der Waals surface area contributed by atoms with Crippen LogP contribution in [0.15, 0.2) is 24.3 Å². The van der Waals surface area contributed by atoms with Crippen molar-refractivity contribution in [1.82, 2.24) is 15.1 Å². The van der Waals surface area contributed by atoms with Crippen molar-refractivity contribution in [3.05, 3.63) is 29.3 Å². The summed E-state index contributed by atoms with van der Waals surface area (Å²) in [7, 11) is 2.10. The van der Waals surface area contributed by atoms with Crippen LogP contribution in [-0.4, -0.2) is 68.6 Å². The number of benzene rings is 1. The van der Waals surface area contributed by atoms with Crippen molar-refractivity contribution in [2.24, 2.45) is 0 Å². The van der Waals surface area contributed by atoms with E-state index in [0.29, 0.717) is 24.7 Å². The number of carbonyl (C=O) groups excluding carboxylic acids is 1. The van der Waals surface area contributed by atoms with E-state index in [4.69, 9.17) is 16.3 Å². The fourth-order valence-corrected chi connectivity index (χ4v) is 2.28. The van der Waals surface area contributed by atoms with E-state index in [2.05, 4.69) is 22.2 Å². The second-order valence-corrected chi connectivity index (χ2v) is 5.67. The number of nitrogens with zero attached hydrogens (tertiary/aromatic N) is 2. The first kappa shape index (κ1) is 16.1. The van der Waals surface area contributed by atoms with Gasteiger partial charge in [-0.3, -0.25) is 9.69 Å². The minimum Gasteiger partial charge on any atom is -0.492 e. The molecule has 1 saturated heterocycles. The van der Waals surface area contributed by atoms with Crippen LogP contribution in [0.3, 0.4) is 0 Å². The van der Waals surface area contributed by atoms with Crippen LogP contribution in [-0.2, 0) is 4.79 Å². The predicted octanol–water partition coefficient (Wildman–Crippen LogP) is 1.08. The zero-order chi connectivity index (χ0) is 15.1. The fraction of sp³-hybridized carbons (Fsp3) is 0.533. The fourth-order valence-electron chi connectivity index (χ4n) is 2.16. The van der Waals surface area contributed by atoms with Crippen LogP contribution in [0.25, 0.3) is 0 Å². The summed E-state index contributed by atoms with van der Waals surface area (Å²) >= 11 is 5.80. The molecule has 1 fully saturated rings. The second-order valence-electron chi connectivity index (χ2n) is 5.23. The Morgan fingerprint density at radius 3 is 2.57 bits per heavy atom. The summed E-state index contributed by atoms with van der Waals surface area (Å²) in [4.78, 5) is 16.3. The van der Waals surface area contributed by atoms with Crippen molar-refractivity contribution in [2.45, 2.75) is 0 Å². The Bertz CT molecular complexity index is 445. The van der Waals surface area contributed by atoms with Crippen molar-refractivity contribution < 1.29 is 9.53 Å². The van der Waals surface area contributed by atoms with Crippen LogP contribution in [0, 0.1) is 0 Å². The number of ether oxygens (including phenoxy) is 1. The number of hydrogen-bond donors (Lipinski definition) is 1. The van der Waals surface area contributed by atoms with E-state index in [1.807, 2.05) is 12.1 Å². The molecule has 1 aromatic carbocycles. The Hall–Kier alpha value is -1.30. The molecule has 6 heteroatoms. The molecule has 21 heavy (non-hydrogen) atoms. The first-order valence-electron chi connectivity index (χ1n) is 7.19. The minimum absolute atomic E-state index is 0.0549. The van der Waals surface area contributed by atoms with Crippen molar-refractivity contribution in [3.8, 4) is 5.75 Å². The standard InChI is InChI=1S/C15H22ClN3O2/c1-18-7-9-19(10-8-18)12-15(20)17-6-11-21-14-4-2-13(16)3-5-14/h2-5H,6-12H2,1H3,(H,17,20). The average Bonchev–Trinajstić information content (AvgIpc) is 2.48. The van der Waals surface area contributed by atoms with Crippen molar-refractivity contribution in [1.29, 1.82) is 0 Å². The molecule has 0 saturated carbocycles. The molecule has 2 rings (SSSR count). The molecule has 1 aliphatic heterocycles. The van der Waals surface area contributed by atoms with Crippen molar-refractivity contribution >= 4 is 17.5 Å². The molecule has 0 unspecified atom stereocenters. The SMILES string of the molecule is CN1CCN(CC(=O)NCCOc2ccc(Cl)cc2)CC1. The smallest absolute Gasteiger partial charge is 0.234 e. The van der Waals surface area contributed by atoms with Gasteiger partial charge in [0.05, 0.1) is 13.1 Å². The molecular weight excluding hydrogens is 290 g/mol. The van der Waals surface area contributed by atoms with Crippen molar-refractivity contribution in [3.63, 3.8) is 0 Å². The van der Waals surface area contributed by atoms with E-state index in [0.717, 1.165) is 31.9 Å². The summed E-state index contributed by atoms with van der Waals surface area (Å²) < 4.78 is 5.52. The maximum Gasteiger partial charge on any atom is 0.234 e. The molecule has 0 spiro atoms. The highest BCUT2D eigenvalue weighted by Crippen LogP contribution is 2.15. The molecule has 0 radical (unpaired) electrons. The average molecular weight is 312 g/mol. The molecule has 0 aliphatic carbocycles. The molecule has 116 valence electrons. The van der Waals surface area contributed by atoms with Gasteiger partial charge < -0.3 is 15.0 Å². The van der Waals surface area contributed by atoms with Gasteiger partial charge in [0.2, 0.25) is 5.91 Å². The zero-order valence-corrected chi connectivity index (χ0v) is 13.1. The number of halogens is 1. The van der Waals surface area contributed by atoms with Gasteiger partial charge in [-0.1, -0.05) is 11.6 Å². The summed E-state index contributed by atoms with van der Waals surface area (Å²) in [5, 5.41) is 3.56. The van der Waals surface area contributed by atoms with E-state index >= 15 is 0 Å². The van der Waals surface area contributed by atoms with Crippen LogP contribution < -0.4 is 10.1 Å². The van der Waals surface area contributed by atoms with Crippen LogP contribution in [0.1, 0.15) is 0 Å². The monoisotopic (exact) mass is 311 g/mol. The Morgan fingerprint density at radius 2 is 1.90 bits per heavy atom. The van der Waals surface area contributed by atoms with Gasteiger partial charge >= 0.3 is 0 Å². The lowest BCUT2D eigenvalue weighted by atomic mass is 10.3. The lowest BCUT2D eigenvalue weighted by Crippen LogP contribution is -2.48. The number of rotatable bonds is 6. The quantitative estimate of drug-likeness (QED) is 0.799. The minimum atomic E-state index is 0.0549. The molecule has 1 heterocycles. The third kappa shape index (κ3) is 5.91. The highest BCUT2D eigenvalue weighted by atomic mass is 35.5. The van der Waals surface area contributed by atoms with Gasteiger partial charge in [-0.15, -0.1) is 0 Å². The number of amides is 1. The van der Waals surface area contributed by atoms with E-state index in [1.54, 1.807) is 12.1 Å². The first-order chi connectivity index (χ1) is 10.1. The summed E-state index contributed by atoms with van der Waals surface area (Å²) in [5.74, 6) is 0.812. The summed E-state index contributed by atoms with van der Waals surface area (Å²) in [6, 6.07) is 7.19. The Morgan fingerprint density at radius 1 is 1.24 bits per heavy atom. The predicted molar refractivity (Wildman–Crippen MR) is 83.9 cm³/mol. The van der Waals surface area contributed by atoms with Crippen molar-refractivity contribution in [2.75, 3.05) is 52.9 Å². The molecule has 1 aromatic rings. The second kappa shape index (κ2) is 8.22. The molecule has 0 atom stereocenters. The first-order valence-corrected chi connectivity index (χ1v) is 7.57. The summed E-state index contributed by atoms with van der Waals surface area (Å²) in [5.41, 5.74) is 0. The number of likely N-dealkylation sites (N-methyl/N-ethyl adjacent to an activating group) is 1. The Balaban J connectivity index is 1.58.